The van der Waals surface area contributed by atoms with Crippen LogP contribution in [0.2, 0.25) is 0 Å². The number of nitrogens with one attached hydrogen (secondary N) is 1. The number of benzene rings is 1. The van der Waals surface area contributed by atoms with Gasteiger partial charge in [0, 0.05) is 10.9 Å². The van der Waals surface area contributed by atoms with Crippen molar-refractivity contribution in [1.82, 2.24) is 0 Å². The van der Waals surface area contributed by atoms with E-state index < -0.39 is 0 Å². The predicted molar refractivity (Wildman–Crippen MR) is 55.8 cm³/mol. The summed E-state index contributed by atoms with van der Waals surface area (Å²) in [6.07, 6.45) is 1.46. The molecule has 1 N–H and O–H groups in total. The smallest absolute Gasteiger partial charge is 0.224 e. The van der Waals surface area contributed by atoms with Gasteiger partial charge >= 0.3 is 0 Å². The first-order chi connectivity index (χ1) is 6.18. The summed E-state index contributed by atoms with van der Waals surface area (Å²) in [4.78, 5) is 11.2. The summed E-state index contributed by atoms with van der Waals surface area (Å²) in [7, 11) is 0. The molecular weight excluding hydrogens is 230 g/mol. The molecule has 0 unspecified atom stereocenters. The van der Waals surface area contributed by atoms with Crippen LogP contribution in [0, 0.1) is 6.92 Å². The van der Waals surface area contributed by atoms with E-state index in [0.717, 1.165) is 16.6 Å². The number of carbonyl (C=O) groups is 1. The minimum absolute atomic E-state index is 0.110. The Morgan fingerprint density at radius 1 is 1.38 bits per heavy atom. The topological polar surface area (TPSA) is 29.1 Å². The summed E-state index contributed by atoms with van der Waals surface area (Å²) in [5.74, 6) is 0.110. The van der Waals surface area contributed by atoms with Gasteiger partial charge in [-0.3, -0.25) is 4.79 Å². The molecule has 1 aromatic rings. The van der Waals surface area contributed by atoms with Crippen LogP contribution in [0.5, 0.6) is 0 Å². The number of fused-ring (bicyclic) bond motifs is 1. The highest BCUT2D eigenvalue weighted by Gasteiger charge is 2.18. The van der Waals surface area contributed by atoms with Crippen LogP contribution in [-0.2, 0) is 11.2 Å². The van der Waals surface area contributed by atoms with Crippen molar-refractivity contribution in [1.29, 1.82) is 0 Å². The van der Waals surface area contributed by atoms with Gasteiger partial charge in [-0.05, 0) is 46.5 Å². The Morgan fingerprint density at radius 3 is 2.92 bits per heavy atom. The van der Waals surface area contributed by atoms with Crippen molar-refractivity contribution in [2.24, 2.45) is 0 Å². The van der Waals surface area contributed by atoms with Gasteiger partial charge in [-0.15, -0.1) is 0 Å². The Labute approximate surface area is 85.5 Å². The number of anilines is 1. The van der Waals surface area contributed by atoms with Crippen molar-refractivity contribution in [2.45, 2.75) is 19.8 Å². The van der Waals surface area contributed by atoms with Crippen LogP contribution in [0.3, 0.4) is 0 Å². The molecule has 0 radical (unpaired) electrons. The Kier molecular flexibility index (Phi) is 2.12. The summed E-state index contributed by atoms with van der Waals surface area (Å²) in [6.45, 7) is 2.07. The Balaban J connectivity index is 2.57. The van der Waals surface area contributed by atoms with Crippen LogP contribution < -0.4 is 5.32 Å². The number of rotatable bonds is 0. The summed E-state index contributed by atoms with van der Waals surface area (Å²) < 4.78 is 0.973. The fourth-order valence-electron chi connectivity index (χ4n) is 1.62. The van der Waals surface area contributed by atoms with Gasteiger partial charge in [0.25, 0.3) is 0 Å². The largest absolute Gasteiger partial charge is 0.325 e. The molecule has 1 aliphatic heterocycles. The molecule has 0 fully saturated rings. The molecule has 2 rings (SSSR count). The first-order valence-corrected chi connectivity index (χ1v) is 5.05. The maximum absolute atomic E-state index is 11.2. The van der Waals surface area contributed by atoms with Crippen molar-refractivity contribution < 1.29 is 4.79 Å². The number of carbonyl (C=O) groups excluding carboxylic acids is 1. The molecule has 0 aliphatic carbocycles. The van der Waals surface area contributed by atoms with Gasteiger partial charge in [-0.1, -0.05) is 6.07 Å². The Bertz CT molecular complexity index is 373. The molecule has 3 heteroatoms. The average Bonchev–Trinajstić information content (AvgIpc) is 2.12. The summed E-state index contributed by atoms with van der Waals surface area (Å²) >= 11 is 3.43. The molecule has 0 saturated heterocycles. The predicted octanol–water partition coefficient (Wildman–Crippen LogP) is 2.64. The summed E-state index contributed by atoms with van der Waals surface area (Å²) in [5.41, 5.74) is 3.46. The summed E-state index contributed by atoms with van der Waals surface area (Å²) in [5, 5.41) is 2.88. The molecule has 1 amide bonds. The van der Waals surface area contributed by atoms with Gasteiger partial charge in [0.05, 0.1) is 5.69 Å². The number of halogens is 1. The molecule has 68 valence electrons. The zero-order valence-electron chi connectivity index (χ0n) is 7.36. The molecule has 13 heavy (non-hydrogen) atoms. The molecule has 1 heterocycles. The van der Waals surface area contributed by atoms with E-state index in [-0.39, 0.29) is 5.91 Å². The minimum atomic E-state index is 0.110. The second kappa shape index (κ2) is 3.14. The van der Waals surface area contributed by atoms with E-state index in [4.69, 9.17) is 0 Å². The van der Waals surface area contributed by atoms with Crippen LogP contribution >= 0.6 is 15.9 Å². The maximum Gasteiger partial charge on any atom is 0.224 e. The molecule has 0 aromatic heterocycles. The lowest BCUT2D eigenvalue weighted by Crippen LogP contribution is -2.20. The number of aryl methyl sites for hydroxylation is 1. The van der Waals surface area contributed by atoms with E-state index >= 15 is 0 Å². The standard InChI is InChI=1S/C10H10BrNO/c1-6-2-4-8(11)10-7(6)3-5-9(13)12-10/h2,4H,3,5H2,1H3,(H,12,13). The fourth-order valence-corrected chi connectivity index (χ4v) is 2.09. The van der Waals surface area contributed by atoms with E-state index in [2.05, 4.69) is 34.2 Å². The molecule has 0 spiro atoms. The maximum atomic E-state index is 11.2. The quantitative estimate of drug-likeness (QED) is 0.742. The molecule has 0 bridgehead atoms. The minimum Gasteiger partial charge on any atom is -0.325 e. The lowest BCUT2D eigenvalue weighted by molar-refractivity contribution is -0.116. The van der Waals surface area contributed by atoms with Crippen molar-refractivity contribution in [3.8, 4) is 0 Å². The monoisotopic (exact) mass is 239 g/mol. The van der Waals surface area contributed by atoms with E-state index in [1.54, 1.807) is 0 Å². The van der Waals surface area contributed by atoms with E-state index in [9.17, 15) is 4.79 Å². The van der Waals surface area contributed by atoms with E-state index in [1.165, 1.54) is 11.1 Å². The normalized spacial score (nSPS) is 15.1. The lowest BCUT2D eigenvalue weighted by Gasteiger charge is -2.19. The second-order valence-corrected chi connectivity index (χ2v) is 4.12. The molecular formula is C10H10BrNO. The average molecular weight is 240 g/mol. The number of hydrogen-bond donors (Lipinski definition) is 1. The van der Waals surface area contributed by atoms with E-state index in [1.807, 2.05) is 6.07 Å². The van der Waals surface area contributed by atoms with Crippen molar-refractivity contribution in [3.05, 3.63) is 27.7 Å². The third-order valence-electron chi connectivity index (χ3n) is 2.36. The van der Waals surface area contributed by atoms with Gasteiger partial charge in [-0.25, -0.2) is 0 Å². The third-order valence-corrected chi connectivity index (χ3v) is 3.02. The van der Waals surface area contributed by atoms with Gasteiger partial charge in [-0.2, -0.15) is 0 Å². The molecule has 2 nitrogen and oxygen atoms in total. The van der Waals surface area contributed by atoms with Crippen LogP contribution in [0.25, 0.3) is 0 Å². The zero-order chi connectivity index (χ0) is 9.42. The molecule has 1 aliphatic rings. The lowest BCUT2D eigenvalue weighted by atomic mass is 9.98. The second-order valence-electron chi connectivity index (χ2n) is 3.27. The van der Waals surface area contributed by atoms with Crippen molar-refractivity contribution >= 4 is 27.5 Å². The highest BCUT2D eigenvalue weighted by Crippen LogP contribution is 2.32. The Morgan fingerprint density at radius 2 is 2.15 bits per heavy atom. The third kappa shape index (κ3) is 1.48. The first kappa shape index (κ1) is 8.75. The Hall–Kier alpha value is -0.830. The fraction of sp³-hybridized carbons (Fsp3) is 0.300. The first-order valence-electron chi connectivity index (χ1n) is 4.26. The van der Waals surface area contributed by atoms with E-state index in [0.29, 0.717) is 6.42 Å². The van der Waals surface area contributed by atoms with Crippen molar-refractivity contribution in [3.63, 3.8) is 0 Å². The zero-order valence-corrected chi connectivity index (χ0v) is 8.94. The van der Waals surface area contributed by atoms with Gasteiger partial charge in [0.2, 0.25) is 5.91 Å². The van der Waals surface area contributed by atoms with Gasteiger partial charge in [0.15, 0.2) is 0 Å². The van der Waals surface area contributed by atoms with Crippen LogP contribution in [-0.4, -0.2) is 5.91 Å². The molecule has 1 aromatic carbocycles. The van der Waals surface area contributed by atoms with Gasteiger partial charge in [0.1, 0.15) is 0 Å². The number of amides is 1. The number of hydrogen-bond acceptors (Lipinski definition) is 1. The van der Waals surface area contributed by atoms with Crippen LogP contribution in [0.15, 0.2) is 16.6 Å². The van der Waals surface area contributed by atoms with Crippen molar-refractivity contribution in [2.75, 3.05) is 5.32 Å². The summed E-state index contributed by atoms with van der Waals surface area (Å²) in [6, 6.07) is 4.04. The molecule has 0 saturated carbocycles. The highest BCUT2D eigenvalue weighted by atomic mass is 79.9. The van der Waals surface area contributed by atoms with Crippen LogP contribution in [0.1, 0.15) is 17.5 Å². The molecule has 0 atom stereocenters. The highest BCUT2D eigenvalue weighted by molar-refractivity contribution is 9.10. The van der Waals surface area contributed by atoms with Crippen LogP contribution in [0.4, 0.5) is 5.69 Å². The SMILES string of the molecule is Cc1ccc(Br)c2c1CCC(=O)N2. The van der Waals surface area contributed by atoms with Gasteiger partial charge < -0.3 is 5.32 Å².